The first-order chi connectivity index (χ1) is 8.61. The van der Waals surface area contributed by atoms with E-state index in [2.05, 4.69) is 0 Å². The molecule has 2 atom stereocenters. The predicted molar refractivity (Wildman–Crippen MR) is 74.3 cm³/mol. The average Bonchev–Trinajstić information content (AvgIpc) is 3.15. The van der Waals surface area contributed by atoms with Gasteiger partial charge in [-0.25, -0.2) is 0 Å². The van der Waals surface area contributed by atoms with Crippen molar-refractivity contribution in [2.45, 2.75) is 38.4 Å². The molecule has 4 heteroatoms. The van der Waals surface area contributed by atoms with E-state index < -0.39 is 6.10 Å². The van der Waals surface area contributed by atoms with Crippen LogP contribution in [0.1, 0.15) is 25.3 Å². The van der Waals surface area contributed by atoms with Crippen LogP contribution in [0.2, 0.25) is 10.0 Å². The molecular formula is C14H18Cl2O2. The van der Waals surface area contributed by atoms with Gasteiger partial charge in [0, 0.05) is 13.0 Å². The summed E-state index contributed by atoms with van der Waals surface area (Å²) >= 11 is 11.8. The van der Waals surface area contributed by atoms with Gasteiger partial charge in [-0.2, -0.15) is 0 Å². The Morgan fingerprint density at radius 2 is 2.06 bits per heavy atom. The smallest absolute Gasteiger partial charge is 0.0865 e. The van der Waals surface area contributed by atoms with E-state index in [1.807, 2.05) is 19.1 Å². The minimum Gasteiger partial charge on any atom is -0.390 e. The van der Waals surface area contributed by atoms with Gasteiger partial charge in [0.2, 0.25) is 0 Å². The van der Waals surface area contributed by atoms with Crippen molar-refractivity contribution in [2.24, 2.45) is 5.92 Å². The van der Waals surface area contributed by atoms with Crippen molar-refractivity contribution in [2.75, 3.05) is 6.61 Å². The Bertz CT molecular complexity index is 405. The van der Waals surface area contributed by atoms with Crippen molar-refractivity contribution in [3.8, 4) is 0 Å². The third-order valence-electron chi connectivity index (χ3n) is 3.25. The summed E-state index contributed by atoms with van der Waals surface area (Å²) in [6, 6.07) is 5.47. The Kier molecular flexibility index (Phi) is 4.91. The normalized spacial score (nSPS) is 18.7. The summed E-state index contributed by atoms with van der Waals surface area (Å²) in [5.74, 6) is 0.516. The van der Waals surface area contributed by atoms with E-state index in [9.17, 15) is 5.11 Å². The number of rotatable bonds is 6. The van der Waals surface area contributed by atoms with Crippen molar-refractivity contribution < 1.29 is 9.84 Å². The molecule has 1 aromatic carbocycles. The standard InChI is InChI=1S/C14H18Cl2O2/c1-2-18-14(10-4-5-10)13(17)8-9-3-6-11(15)12(16)7-9/h3,6-7,10,13-14,17H,2,4-5,8H2,1H3. The van der Waals surface area contributed by atoms with Gasteiger partial charge in [-0.15, -0.1) is 0 Å². The van der Waals surface area contributed by atoms with Crippen LogP contribution in [0, 0.1) is 5.92 Å². The lowest BCUT2D eigenvalue weighted by molar-refractivity contribution is -0.0439. The minimum atomic E-state index is -0.477. The quantitative estimate of drug-likeness (QED) is 0.865. The molecule has 0 aliphatic heterocycles. The van der Waals surface area contributed by atoms with Gasteiger partial charge in [0.25, 0.3) is 0 Å². The highest BCUT2D eigenvalue weighted by atomic mass is 35.5. The van der Waals surface area contributed by atoms with Gasteiger partial charge in [-0.1, -0.05) is 29.3 Å². The van der Waals surface area contributed by atoms with Crippen LogP contribution >= 0.6 is 23.2 Å². The maximum atomic E-state index is 10.3. The number of aliphatic hydroxyl groups is 1. The van der Waals surface area contributed by atoms with E-state index in [1.165, 1.54) is 0 Å². The second kappa shape index (κ2) is 6.25. The van der Waals surface area contributed by atoms with Crippen LogP contribution in [-0.2, 0) is 11.2 Å². The number of hydrogen-bond acceptors (Lipinski definition) is 2. The van der Waals surface area contributed by atoms with Gasteiger partial charge < -0.3 is 9.84 Å². The zero-order chi connectivity index (χ0) is 13.1. The minimum absolute atomic E-state index is 0.0514. The molecule has 1 aliphatic carbocycles. The van der Waals surface area contributed by atoms with E-state index >= 15 is 0 Å². The number of hydrogen-bond donors (Lipinski definition) is 1. The molecule has 0 radical (unpaired) electrons. The Morgan fingerprint density at radius 1 is 1.33 bits per heavy atom. The Balaban J connectivity index is 2.00. The molecule has 18 heavy (non-hydrogen) atoms. The van der Waals surface area contributed by atoms with Crippen LogP contribution < -0.4 is 0 Å². The largest absolute Gasteiger partial charge is 0.390 e. The van der Waals surface area contributed by atoms with Gasteiger partial charge in [-0.3, -0.25) is 0 Å². The second-order valence-electron chi connectivity index (χ2n) is 4.78. The van der Waals surface area contributed by atoms with E-state index in [0.717, 1.165) is 18.4 Å². The zero-order valence-corrected chi connectivity index (χ0v) is 11.9. The molecule has 1 fully saturated rings. The second-order valence-corrected chi connectivity index (χ2v) is 5.59. The lowest BCUT2D eigenvalue weighted by Crippen LogP contribution is -2.32. The van der Waals surface area contributed by atoms with Crippen LogP contribution in [-0.4, -0.2) is 23.9 Å². The molecule has 1 aliphatic rings. The van der Waals surface area contributed by atoms with Crippen molar-refractivity contribution in [1.82, 2.24) is 0 Å². The van der Waals surface area contributed by atoms with Crippen LogP contribution in [0.25, 0.3) is 0 Å². The van der Waals surface area contributed by atoms with E-state index in [-0.39, 0.29) is 6.10 Å². The van der Waals surface area contributed by atoms with Crippen molar-refractivity contribution in [1.29, 1.82) is 0 Å². The zero-order valence-electron chi connectivity index (χ0n) is 10.4. The molecule has 1 saturated carbocycles. The first-order valence-corrected chi connectivity index (χ1v) is 7.11. The van der Waals surface area contributed by atoms with Gasteiger partial charge in [0.05, 0.1) is 22.3 Å². The molecule has 2 rings (SSSR count). The Morgan fingerprint density at radius 3 is 2.61 bits per heavy atom. The maximum Gasteiger partial charge on any atom is 0.0865 e. The molecule has 2 unspecified atom stereocenters. The summed E-state index contributed by atoms with van der Waals surface area (Å²) in [4.78, 5) is 0. The summed E-state index contributed by atoms with van der Waals surface area (Å²) in [5.41, 5.74) is 0.988. The van der Waals surface area contributed by atoms with Crippen LogP contribution in [0.5, 0.6) is 0 Å². The number of benzene rings is 1. The number of aliphatic hydroxyl groups excluding tert-OH is 1. The lowest BCUT2D eigenvalue weighted by Gasteiger charge is -2.22. The monoisotopic (exact) mass is 288 g/mol. The maximum absolute atomic E-state index is 10.3. The summed E-state index contributed by atoms with van der Waals surface area (Å²) in [6.45, 7) is 2.60. The van der Waals surface area contributed by atoms with Crippen molar-refractivity contribution in [3.63, 3.8) is 0 Å². The van der Waals surface area contributed by atoms with E-state index in [0.29, 0.717) is 29.0 Å². The van der Waals surface area contributed by atoms with Gasteiger partial charge >= 0.3 is 0 Å². The Hall–Kier alpha value is -0.280. The molecule has 1 N–H and O–H groups in total. The summed E-state index contributed by atoms with van der Waals surface area (Å²) < 4.78 is 5.64. The van der Waals surface area contributed by atoms with E-state index in [1.54, 1.807) is 6.07 Å². The van der Waals surface area contributed by atoms with Crippen LogP contribution in [0.4, 0.5) is 0 Å². The molecule has 0 saturated heterocycles. The molecule has 0 amide bonds. The molecule has 2 nitrogen and oxygen atoms in total. The fraction of sp³-hybridized carbons (Fsp3) is 0.571. The lowest BCUT2D eigenvalue weighted by atomic mass is 10.0. The highest BCUT2D eigenvalue weighted by molar-refractivity contribution is 6.42. The van der Waals surface area contributed by atoms with E-state index in [4.69, 9.17) is 27.9 Å². The Labute approximate surface area is 118 Å². The summed E-state index contributed by atoms with van der Waals surface area (Å²) in [5, 5.41) is 11.3. The molecule has 0 aromatic heterocycles. The van der Waals surface area contributed by atoms with Crippen LogP contribution in [0.3, 0.4) is 0 Å². The summed E-state index contributed by atoms with van der Waals surface area (Å²) in [6.07, 6.45) is 2.34. The third-order valence-corrected chi connectivity index (χ3v) is 3.99. The average molecular weight is 289 g/mol. The molecule has 0 bridgehead atoms. The molecule has 100 valence electrons. The highest BCUT2D eigenvalue weighted by Gasteiger charge is 2.36. The third kappa shape index (κ3) is 3.61. The van der Waals surface area contributed by atoms with Crippen LogP contribution in [0.15, 0.2) is 18.2 Å². The molecular weight excluding hydrogens is 271 g/mol. The number of ether oxygens (including phenoxy) is 1. The fourth-order valence-electron chi connectivity index (χ4n) is 2.20. The van der Waals surface area contributed by atoms with Gasteiger partial charge in [0.15, 0.2) is 0 Å². The SMILES string of the molecule is CCOC(C(O)Cc1ccc(Cl)c(Cl)c1)C1CC1. The first kappa shape index (κ1) is 14.1. The fourth-order valence-corrected chi connectivity index (χ4v) is 2.52. The molecule has 0 heterocycles. The van der Waals surface area contributed by atoms with Crippen molar-refractivity contribution in [3.05, 3.63) is 33.8 Å². The first-order valence-electron chi connectivity index (χ1n) is 6.35. The topological polar surface area (TPSA) is 29.5 Å². The summed E-state index contributed by atoms with van der Waals surface area (Å²) in [7, 11) is 0. The van der Waals surface area contributed by atoms with Crippen molar-refractivity contribution >= 4 is 23.2 Å². The highest BCUT2D eigenvalue weighted by Crippen LogP contribution is 2.36. The van der Waals surface area contributed by atoms with Gasteiger partial charge in [0.1, 0.15) is 0 Å². The molecule has 1 aromatic rings. The number of halogens is 2. The molecule has 0 spiro atoms. The van der Waals surface area contributed by atoms with Gasteiger partial charge in [-0.05, 0) is 43.4 Å². The predicted octanol–water partition coefficient (Wildman–Crippen LogP) is 3.71.